The first kappa shape index (κ1) is 21.0. The standard InChI is InChI=1S/C25H28N2O4/c1-3-26(4-2)24(28)18-9-10-21-22(15-18)31-16-19-7-5-6-8-20(19)23(21)17-11-13-27(14-12-17)25(29)30/h5-10,15H,3-4,11-14,16H2,1-2H3,(H,29,30). The largest absolute Gasteiger partial charge is 0.488 e. The number of benzene rings is 2. The minimum absolute atomic E-state index is 0.00197. The average Bonchev–Trinajstić information content (AvgIpc) is 2.96. The van der Waals surface area contributed by atoms with Crippen LogP contribution >= 0.6 is 0 Å². The second-order valence-corrected chi connectivity index (χ2v) is 7.88. The number of nitrogens with zero attached hydrogens (tertiary/aromatic N) is 2. The van der Waals surface area contributed by atoms with Gasteiger partial charge < -0.3 is 19.6 Å². The van der Waals surface area contributed by atoms with Crippen molar-refractivity contribution in [3.8, 4) is 5.75 Å². The molecule has 2 aromatic carbocycles. The zero-order valence-corrected chi connectivity index (χ0v) is 18.1. The maximum absolute atomic E-state index is 12.9. The minimum atomic E-state index is -0.867. The van der Waals surface area contributed by atoms with Crippen LogP contribution in [0.2, 0.25) is 0 Å². The number of amides is 2. The second-order valence-electron chi connectivity index (χ2n) is 7.88. The van der Waals surface area contributed by atoms with Crippen molar-refractivity contribution >= 4 is 17.6 Å². The summed E-state index contributed by atoms with van der Waals surface area (Å²) in [4.78, 5) is 27.5. The fourth-order valence-electron chi connectivity index (χ4n) is 4.46. The Morgan fingerprint density at radius 2 is 1.74 bits per heavy atom. The Balaban J connectivity index is 1.80. The zero-order chi connectivity index (χ0) is 22.0. The van der Waals surface area contributed by atoms with E-state index in [1.165, 1.54) is 10.5 Å². The fraction of sp³-hybridized carbons (Fsp3) is 0.360. The van der Waals surface area contributed by atoms with Crippen molar-refractivity contribution in [1.82, 2.24) is 9.80 Å². The van der Waals surface area contributed by atoms with Crippen molar-refractivity contribution in [2.75, 3.05) is 26.2 Å². The topological polar surface area (TPSA) is 70.1 Å². The molecule has 2 aliphatic heterocycles. The van der Waals surface area contributed by atoms with Crippen molar-refractivity contribution in [2.24, 2.45) is 0 Å². The van der Waals surface area contributed by atoms with Crippen LogP contribution in [0.3, 0.4) is 0 Å². The molecule has 0 spiro atoms. The van der Waals surface area contributed by atoms with E-state index in [-0.39, 0.29) is 5.91 Å². The lowest BCUT2D eigenvalue weighted by Crippen LogP contribution is -2.35. The van der Waals surface area contributed by atoms with E-state index in [0.717, 1.165) is 22.3 Å². The molecule has 0 atom stereocenters. The van der Waals surface area contributed by atoms with Gasteiger partial charge in [-0.05, 0) is 61.6 Å². The van der Waals surface area contributed by atoms with Crippen molar-refractivity contribution in [3.05, 3.63) is 70.3 Å². The number of hydrogen-bond acceptors (Lipinski definition) is 3. The van der Waals surface area contributed by atoms with E-state index in [2.05, 4.69) is 12.1 Å². The molecule has 31 heavy (non-hydrogen) atoms. The van der Waals surface area contributed by atoms with Crippen molar-refractivity contribution in [3.63, 3.8) is 0 Å². The third-order valence-electron chi connectivity index (χ3n) is 6.21. The molecule has 2 amide bonds. The van der Waals surface area contributed by atoms with E-state index in [1.54, 1.807) is 4.90 Å². The van der Waals surface area contributed by atoms with Gasteiger partial charge in [0.15, 0.2) is 0 Å². The number of hydrogen-bond donors (Lipinski definition) is 1. The van der Waals surface area contributed by atoms with Crippen molar-refractivity contribution in [2.45, 2.75) is 33.3 Å². The summed E-state index contributed by atoms with van der Waals surface area (Å²) in [6.07, 6.45) is 0.513. The van der Waals surface area contributed by atoms with Gasteiger partial charge in [-0.3, -0.25) is 4.79 Å². The highest BCUT2D eigenvalue weighted by Gasteiger charge is 2.27. The lowest BCUT2D eigenvalue weighted by molar-refractivity contribution is 0.0772. The number of piperidine rings is 1. The third kappa shape index (κ3) is 4.02. The number of carbonyl (C=O) groups is 2. The van der Waals surface area contributed by atoms with Gasteiger partial charge in [0, 0.05) is 37.3 Å². The summed E-state index contributed by atoms with van der Waals surface area (Å²) in [5.41, 5.74) is 6.18. The van der Waals surface area contributed by atoms with E-state index >= 15 is 0 Å². The summed E-state index contributed by atoms with van der Waals surface area (Å²) in [5.74, 6) is 0.708. The average molecular weight is 421 g/mol. The third-order valence-corrected chi connectivity index (χ3v) is 6.21. The van der Waals surface area contributed by atoms with E-state index in [9.17, 15) is 14.7 Å². The molecular weight excluding hydrogens is 392 g/mol. The van der Waals surface area contributed by atoms with Gasteiger partial charge in [0.25, 0.3) is 5.91 Å². The molecule has 1 fully saturated rings. The number of likely N-dealkylation sites (tertiary alicyclic amines) is 1. The number of fused-ring (bicyclic) bond motifs is 2. The zero-order valence-electron chi connectivity index (χ0n) is 18.1. The van der Waals surface area contributed by atoms with E-state index in [1.807, 2.05) is 44.2 Å². The Morgan fingerprint density at radius 1 is 1.03 bits per heavy atom. The Bertz CT molecular complexity index is 1030. The molecule has 0 aliphatic carbocycles. The first-order chi connectivity index (χ1) is 15.0. The van der Waals surface area contributed by atoms with Gasteiger partial charge in [0.1, 0.15) is 12.4 Å². The number of ether oxygens (including phenoxy) is 1. The molecule has 0 bridgehead atoms. The first-order valence-corrected chi connectivity index (χ1v) is 10.9. The quantitative estimate of drug-likeness (QED) is 0.786. The van der Waals surface area contributed by atoms with Gasteiger partial charge in [0.2, 0.25) is 0 Å². The Labute approximate surface area is 182 Å². The highest BCUT2D eigenvalue weighted by Crippen LogP contribution is 2.41. The minimum Gasteiger partial charge on any atom is -0.488 e. The van der Waals surface area contributed by atoms with E-state index in [0.29, 0.717) is 56.9 Å². The molecule has 6 nitrogen and oxygen atoms in total. The lowest BCUT2D eigenvalue weighted by atomic mass is 9.86. The monoisotopic (exact) mass is 420 g/mol. The number of rotatable bonds is 3. The fourth-order valence-corrected chi connectivity index (χ4v) is 4.46. The van der Waals surface area contributed by atoms with Gasteiger partial charge >= 0.3 is 6.09 Å². The molecule has 1 N–H and O–H groups in total. The van der Waals surface area contributed by atoms with Gasteiger partial charge in [-0.2, -0.15) is 0 Å². The van der Waals surface area contributed by atoms with Crippen LogP contribution in [0.25, 0.3) is 5.57 Å². The molecule has 0 unspecified atom stereocenters. The molecule has 0 radical (unpaired) electrons. The molecular formula is C25H28N2O4. The predicted molar refractivity (Wildman–Crippen MR) is 119 cm³/mol. The van der Waals surface area contributed by atoms with Crippen molar-refractivity contribution in [1.29, 1.82) is 0 Å². The van der Waals surface area contributed by atoms with Crippen molar-refractivity contribution < 1.29 is 19.4 Å². The van der Waals surface area contributed by atoms with Gasteiger partial charge in [-0.1, -0.05) is 29.8 Å². The molecule has 1 saturated heterocycles. The number of carboxylic acid groups (broad SMARTS) is 1. The normalized spacial score (nSPS) is 15.5. The highest BCUT2D eigenvalue weighted by atomic mass is 16.5. The van der Waals surface area contributed by atoms with Crippen LogP contribution in [-0.4, -0.2) is 53.1 Å². The lowest BCUT2D eigenvalue weighted by Gasteiger charge is -2.28. The Hall–Kier alpha value is -3.28. The molecule has 2 aliphatic rings. The van der Waals surface area contributed by atoms with Gasteiger partial charge in [0.05, 0.1) is 0 Å². The summed E-state index contributed by atoms with van der Waals surface area (Å²) in [5, 5.41) is 9.32. The molecule has 0 saturated carbocycles. The van der Waals surface area contributed by atoms with Crippen LogP contribution in [0.4, 0.5) is 4.79 Å². The predicted octanol–water partition coefficient (Wildman–Crippen LogP) is 4.64. The Morgan fingerprint density at radius 3 is 2.42 bits per heavy atom. The maximum Gasteiger partial charge on any atom is 0.407 e. The van der Waals surface area contributed by atoms with Crippen LogP contribution in [0.1, 0.15) is 53.7 Å². The SMILES string of the molecule is CCN(CC)C(=O)c1ccc2c(c1)OCc1ccccc1C2=C1CCN(C(=O)O)CC1. The maximum atomic E-state index is 12.9. The van der Waals surface area contributed by atoms with Crippen LogP contribution in [0.15, 0.2) is 48.0 Å². The summed E-state index contributed by atoms with van der Waals surface area (Å²) >= 11 is 0. The van der Waals surface area contributed by atoms with Gasteiger partial charge in [-0.25, -0.2) is 4.79 Å². The van der Waals surface area contributed by atoms with Crippen LogP contribution in [0.5, 0.6) is 5.75 Å². The molecule has 2 heterocycles. The molecule has 6 heteroatoms. The Kier molecular flexibility index (Phi) is 5.98. The molecule has 0 aromatic heterocycles. The second kappa shape index (κ2) is 8.84. The summed E-state index contributed by atoms with van der Waals surface area (Å²) in [6, 6.07) is 13.9. The van der Waals surface area contributed by atoms with Gasteiger partial charge in [-0.15, -0.1) is 0 Å². The molecule has 4 rings (SSSR count). The first-order valence-electron chi connectivity index (χ1n) is 10.9. The smallest absolute Gasteiger partial charge is 0.407 e. The van der Waals surface area contributed by atoms with E-state index < -0.39 is 6.09 Å². The summed E-state index contributed by atoms with van der Waals surface area (Å²) in [6.45, 7) is 6.69. The van der Waals surface area contributed by atoms with Crippen LogP contribution < -0.4 is 4.74 Å². The van der Waals surface area contributed by atoms with Crippen LogP contribution in [0, 0.1) is 0 Å². The number of carbonyl (C=O) groups excluding carboxylic acids is 1. The van der Waals surface area contributed by atoms with Crippen LogP contribution in [-0.2, 0) is 6.61 Å². The summed E-state index contributed by atoms with van der Waals surface area (Å²) < 4.78 is 6.18. The van der Waals surface area contributed by atoms with E-state index in [4.69, 9.17) is 4.74 Å². The molecule has 2 aromatic rings. The highest BCUT2D eigenvalue weighted by molar-refractivity contribution is 5.96. The molecule has 162 valence electrons. The summed E-state index contributed by atoms with van der Waals surface area (Å²) in [7, 11) is 0.